The van der Waals surface area contributed by atoms with Crippen LogP contribution in [0, 0.1) is 13.8 Å². The largest absolute Gasteiger partial charge is 0.497 e. The van der Waals surface area contributed by atoms with Gasteiger partial charge in [-0.1, -0.05) is 48.0 Å². The number of methoxy groups -OCH3 is 1. The van der Waals surface area contributed by atoms with E-state index in [-0.39, 0.29) is 11.8 Å². The third-order valence-corrected chi connectivity index (χ3v) is 5.18. The molecule has 6 heteroatoms. The van der Waals surface area contributed by atoms with E-state index in [4.69, 9.17) is 16.3 Å². The maximum Gasteiger partial charge on any atom is 0.252 e. The lowest BCUT2D eigenvalue weighted by molar-refractivity contribution is -0.118. The van der Waals surface area contributed by atoms with E-state index in [9.17, 15) is 9.59 Å². The topological polar surface area (TPSA) is 67.4 Å². The van der Waals surface area contributed by atoms with Crippen molar-refractivity contribution in [2.45, 2.75) is 19.9 Å². The summed E-state index contributed by atoms with van der Waals surface area (Å²) in [6.45, 7) is 3.84. The molecule has 2 amide bonds. The Morgan fingerprint density at radius 1 is 0.900 bits per heavy atom. The third kappa shape index (κ3) is 4.81. The number of halogens is 1. The van der Waals surface area contributed by atoms with Gasteiger partial charge in [-0.25, -0.2) is 0 Å². The Balaban J connectivity index is 1.91. The highest BCUT2D eigenvalue weighted by molar-refractivity contribution is 6.31. The molecule has 30 heavy (non-hydrogen) atoms. The van der Waals surface area contributed by atoms with Gasteiger partial charge in [0.2, 0.25) is 0 Å². The summed E-state index contributed by atoms with van der Waals surface area (Å²) in [6, 6.07) is 18.4. The zero-order chi connectivity index (χ0) is 21.7. The van der Waals surface area contributed by atoms with Crippen molar-refractivity contribution in [2.75, 3.05) is 12.4 Å². The van der Waals surface area contributed by atoms with Gasteiger partial charge in [0.25, 0.3) is 11.8 Å². The molecule has 0 fully saturated rings. The lowest BCUT2D eigenvalue weighted by Crippen LogP contribution is -2.37. The van der Waals surface area contributed by atoms with Crippen molar-refractivity contribution < 1.29 is 14.3 Å². The van der Waals surface area contributed by atoms with Crippen LogP contribution in [0.1, 0.15) is 33.1 Å². The van der Waals surface area contributed by atoms with E-state index in [0.29, 0.717) is 21.9 Å². The number of hydrogen-bond acceptors (Lipinski definition) is 3. The zero-order valence-corrected chi connectivity index (χ0v) is 17.8. The van der Waals surface area contributed by atoms with Gasteiger partial charge in [-0.05, 0) is 55.3 Å². The first-order valence-electron chi connectivity index (χ1n) is 9.47. The first-order chi connectivity index (χ1) is 14.4. The van der Waals surface area contributed by atoms with Gasteiger partial charge < -0.3 is 15.4 Å². The van der Waals surface area contributed by atoms with Crippen molar-refractivity contribution in [3.63, 3.8) is 0 Å². The third-order valence-electron chi connectivity index (χ3n) is 4.84. The van der Waals surface area contributed by atoms with Crippen LogP contribution in [0.25, 0.3) is 0 Å². The second-order valence-corrected chi connectivity index (χ2v) is 7.32. The van der Waals surface area contributed by atoms with Gasteiger partial charge in [-0.2, -0.15) is 0 Å². The van der Waals surface area contributed by atoms with Gasteiger partial charge in [0.1, 0.15) is 11.8 Å². The number of benzene rings is 3. The number of hydrogen-bond donors (Lipinski definition) is 2. The van der Waals surface area contributed by atoms with Gasteiger partial charge in [-0.3, -0.25) is 9.59 Å². The first-order valence-corrected chi connectivity index (χ1v) is 9.85. The number of aryl methyl sites for hydroxylation is 2. The standard InChI is InChI=1S/C24H23ClN2O3/c1-15-7-6-8-16(2)21(15)26-24(29)22(19-9-4-5-10-20(19)25)27-23(28)17-11-13-18(30-3)14-12-17/h4-14,22H,1-3H3,(H,26,29)(H,27,28). The molecule has 0 aliphatic heterocycles. The average molecular weight is 423 g/mol. The molecule has 3 rings (SSSR count). The fourth-order valence-corrected chi connectivity index (χ4v) is 3.40. The van der Waals surface area contributed by atoms with Crippen LogP contribution in [0.2, 0.25) is 5.02 Å². The Morgan fingerprint density at radius 3 is 2.13 bits per heavy atom. The molecule has 0 heterocycles. The molecule has 0 bridgehead atoms. The van der Waals surface area contributed by atoms with Crippen LogP contribution in [0.3, 0.4) is 0 Å². The number of nitrogens with one attached hydrogen (secondary N) is 2. The normalized spacial score (nSPS) is 11.5. The first kappa shape index (κ1) is 21.4. The summed E-state index contributed by atoms with van der Waals surface area (Å²) in [6.07, 6.45) is 0. The predicted octanol–water partition coefficient (Wildman–Crippen LogP) is 5.08. The fraction of sp³-hybridized carbons (Fsp3) is 0.167. The quantitative estimate of drug-likeness (QED) is 0.582. The molecule has 5 nitrogen and oxygen atoms in total. The van der Waals surface area contributed by atoms with Crippen LogP contribution in [0.4, 0.5) is 5.69 Å². The molecule has 1 atom stereocenters. The van der Waals surface area contributed by atoms with Gasteiger partial charge in [0.15, 0.2) is 0 Å². The van der Waals surface area contributed by atoms with Crippen molar-refractivity contribution in [1.29, 1.82) is 0 Å². The second kappa shape index (κ2) is 9.46. The van der Waals surface area contributed by atoms with E-state index in [0.717, 1.165) is 16.8 Å². The molecule has 0 radical (unpaired) electrons. The Labute approximate surface area is 181 Å². The van der Waals surface area contributed by atoms with Gasteiger partial charge in [0, 0.05) is 21.8 Å². The summed E-state index contributed by atoms with van der Waals surface area (Å²) in [4.78, 5) is 26.1. The number of amides is 2. The Bertz CT molecular complexity index is 1040. The fourth-order valence-electron chi connectivity index (χ4n) is 3.16. The minimum absolute atomic E-state index is 0.373. The molecule has 3 aromatic carbocycles. The number of ether oxygens (including phenoxy) is 1. The molecule has 0 aliphatic rings. The highest BCUT2D eigenvalue weighted by atomic mass is 35.5. The average Bonchev–Trinajstić information content (AvgIpc) is 2.75. The van der Waals surface area contributed by atoms with Crippen LogP contribution >= 0.6 is 11.6 Å². The van der Waals surface area contributed by atoms with Crippen molar-refractivity contribution in [3.8, 4) is 5.75 Å². The lowest BCUT2D eigenvalue weighted by Gasteiger charge is -2.21. The monoisotopic (exact) mass is 422 g/mol. The molecule has 2 N–H and O–H groups in total. The van der Waals surface area contributed by atoms with Gasteiger partial charge in [0.05, 0.1) is 7.11 Å². The van der Waals surface area contributed by atoms with Crippen LogP contribution in [0.15, 0.2) is 66.7 Å². The number of rotatable bonds is 6. The molecular formula is C24H23ClN2O3. The summed E-state index contributed by atoms with van der Waals surface area (Å²) in [5.74, 6) is -0.122. The number of anilines is 1. The van der Waals surface area contributed by atoms with Crippen molar-refractivity contribution in [1.82, 2.24) is 5.32 Å². The van der Waals surface area contributed by atoms with E-state index >= 15 is 0 Å². The molecule has 0 aromatic heterocycles. The van der Waals surface area contributed by atoms with Crippen LogP contribution in [-0.2, 0) is 4.79 Å². The van der Waals surface area contributed by atoms with Crippen LogP contribution in [0.5, 0.6) is 5.75 Å². The highest BCUT2D eigenvalue weighted by Gasteiger charge is 2.26. The molecule has 0 saturated carbocycles. The Hall–Kier alpha value is -3.31. The van der Waals surface area contributed by atoms with Crippen molar-refractivity contribution in [3.05, 3.63) is 94.0 Å². The minimum Gasteiger partial charge on any atom is -0.497 e. The van der Waals surface area contributed by atoms with E-state index in [1.165, 1.54) is 0 Å². The van der Waals surface area contributed by atoms with E-state index in [1.807, 2.05) is 32.0 Å². The molecule has 0 aliphatic carbocycles. The highest BCUT2D eigenvalue weighted by Crippen LogP contribution is 2.26. The van der Waals surface area contributed by atoms with Gasteiger partial charge >= 0.3 is 0 Å². The number of carbonyl (C=O) groups is 2. The van der Waals surface area contributed by atoms with E-state index in [2.05, 4.69) is 10.6 Å². The van der Waals surface area contributed by atoms with Crippen molar-refractivity contribution >= 4 is 29.1 Å². The Morgan fingerprint density at radius 2 is 1.53 bits per heavy atom. The summed E-state index contributed by atoms with van der Waals surface area (Å²) >= 11 is 6.35. The van der Waals surface area contributed by atoms with Crippen molar-refractivity contribution in [2.24, 2.45) is 0 Å². The molecule has 3 aromatic rings. The van der Waals surface area contributed by atoms with E-state index < -0.39 is 6.04 Å². The summed E-state index contributed by atoms with van der Waals surface area (Å²) < 4.78 is 5.13. The van der Waals surface area contributed by atoms with Crippen LogP contribution in [-0.4, -0.2) is 18.9 Å². The molecule has 0 saturated heterocycles. The Kier molecular flexibility index (Phi) is 6.75. The van der Waals surface area contributed by atoms with Gasteiger partial charge in [-0.15, -0.1) is 0 Å². The maximum absolute atomic E-state index is 13.2. The lowest BCUT2D eigenvalue weighted by atomic mass is 10.0. The predicted molar refractivity (Wildman–Crippen MR) is 119 cm³/mol. The molecule has 154 valence electrons. The summed E-state index contributed by atoms with van der Waals surface area (Å²) in [7, 11) is 1.56. The molecular weight excluding hydrogens is 400 g/mol. The molecule has 0 spiro atoms. The number of carbonyl (C=O) groups excluding carboxylic acids is 2. The smallest absolute Gasteiger partial charge is 0.252 e. The number of para-hydroxylation sites is 1. The second-order valence-electron chi connectivity index (χ2n) is 6.91. The van der Waals surface area contributed by atoms with Crippen LogP contribution < -0.4 is 15.4 Å². The minimum atomic E-state index is -0.965. The zero-order valence-electron chi connectivity index (χ0n) is 17.0. The summed E-state index contributed by atoms with van der Waals surface area (Å²) in [5, 5.41) is 6.16. The molecule has 1 unspecified atom stereocenters. The maximum atomic E-state index is 13.2. The SMILES string of the molecule is COc1ccc(C(=O)NC(C(=O)Nc2c(C)cccc2C)c2ccccc2Cl)cc1. The van der Waals surface area contributed by atoms with E-state index in [1.54, 1.807) is 55.6 Å². The summed E-state index contributed by atoms with van der Waals surface area (Å²) in [5.41, 5.74) is 3.52.